The van der Waals surface area contributed by atoms with E-state index < -0.39 is 0 Å². The monoisotopic (exact) mass is 270 g/mol. The first-order valence-corrected chi connectivity index (χ1v) is 6.53. The van der Waals surface area contributed by atoms with Gasteiger partial charge < -0.3 is 10.2 Å². The number of carbonyl (C=O) groups is 1. The third kappa shape index (κ3) is 2.13. The number of hydrogen-bond donors (Lipinski definition) is 1. The molecular weight excluding hydrogens is 255 g/mol. The summed E-state index contributed by atoms with van der Waals surface area (Å²) in [7, 11) is 1.60. The first-order valence-electron chi connectivity index (χ1n) is 6.53. The van der Waals surface area contributed by atoms with E-state index in [4.69, 9.17) is 0 Å². The maximum atomic E-state index is 13.7. The van der Waals surface area contributed by atoms with Gasteiger partial charge in [0.05, 0.1) is 5.69 Å². The predicted molar refractivity (Wildman–Crippen MR) is 77.4 cm³/mol. The Morgan fingerprint density at radius 1 is 1.20 bits per heavy atom. The molecule has 1 N–H and O–H groups in total. The van der Waals surface area contributed by atoms with Crippen molar-refractivity contribution < 1.29 is 9.18 Å². The van der Waals surface area contributed by atoms with E-state index in [1.807, 2.05) is 24.3 Å². The minimum Gasteiger partial charge on any atom is -0.373 e. The van der Waals surface area contributed by atoms with Gasteiger partial charge in [-0.25, -0.2) is 4.39 Å². The average Bonchev–Trinajstić information content (AvgIpc) is 2.90. The van der Waals surface area contributed by atoms with Crippen molar-refractivity contribution >= 4 is 17.3 Å². The van der Waals surface area contributed by atoms with E-state index in [-0.39, 0.29) is 17.8 Å². The molecule has 0 fully saturated rings. The number of carbonyl (C=O) groups excluding carboxylic acids is 1. The largest absolute Gasteiger partial charge is 0.373 e. The van der Waals surface area contributed by atoms with Crippen molar-refractivity contribution in [3.63, 3.8) is 0 Å². The molecule has 1 heterocycles. The Labute approximate surface area is 117 Å². The highest BCUT2D eigenvalue weighted by atomic mass is 19.1. The van der Waals surface area contributed by atoms with E-state index in [2.05, 4.69) is 5.32 Å². The smallest absolute Gasteiger partial charge is 0.249 e. The normalized spacial score (nSPS) is 16.4. The minimum atomic E-state index is -0.390. The lowest BCUT2D eigenvalue weighted by Gasteiger charge is -2.22. The van der Waals surface area contributed by atoms with Gasteiger partial charge in [-0.2, -0.15) is 0 Å². The van der Waals surface area contributed by atoms with Crippen molar-refractivity contribution in [2.24, 2.45) is 0 Å². The molecule has 2 aromatic rings. The van der Waals surface area contributed by atoms with Gasteiger partial charge in [0.1, 0.15) is 11.9 Å². The van der Waals surface area contributed by atoms with Gasteiger partial charge >= 0.3 is 0 Å². The van der Waals surface area contributed by atoms with E-state index in [0.29, 0.717) is 12.1 Å². The molecule has 1 aliphatic rings. The first-order chi connectivity index (χ1) is 9.66. The Balaban J connectivity index is 1.80. The number of halogens is 1. The molecule has 0 radical (unpaired) electrons. The standard InChI is InChI=1S/C16H15FN2O/c1-19(15-9-5-3-7-12(15)17)16(20)14-10-11-6-2-4-8-13(11)18-14/h2-9,14,18H,10H2,1H3/t14-/m0/s1. The van der Waals surface area contributed by atoms with E-state index in [1.54, 1.807) is 25.2 Å². The summed E-state index contributed by atoms with van der Waals surface area (Å²) < 4.78 is 13.7. The number of fused-ring (bicyclic) bond motifs is 1. The van der Waals surface area contributed by atoms with Gasteiger partial charge in [0.25, 0.3) is 0 Å². The van der Waals surface area contributed by atoms with Gasteiger partial charge in [0, 0.05) is 19.2 Å². The van der Waals surface area contributed by atoms with Crippen molar-refractivity contribution in [3.8, 4) is 0 Å². The van der Waals surface area contributed by atoms with Crippen LogP contribution in [0.5, 0.6) is 0 Å². The molecule has 4 heteroatoms. The van der Waals surface area contributed by atoms with Crippen LogP contribution < -0.4 is 10.2 Å². The zero-order valence-corrected chi connectivity index (χ0v) is 11.1. The molecule has 0 aliphatic carbocycles. The average molecular weight is 270 g/mol. The van der Waals surface area contributed by atoms with Crippen molar-refractivity contribution in [1.29, 1.82) is 0 Å². The highest BCUT2D eigenvalue weighted by Gasteiger charge is 2.29. The number of likely N-dealkylation sites (N-methyl/N-ethyl adjacent to an activating group) is 1. The quantitative estimate of drug-likeness (QED) is 0.910. The topological polar surface area (TPSA) is 32.3 Å². The van der Waals surface area contributed by atoms with Crippen LogP contribution >= 0.6 is 0 Å². The molecular formula is C16H15FN2O. The molecule has 1 atom stereocenters. The molecule has 0 bridgehead atoms. The zero-order valence-electron chi connectivity index (χ0n) is 11.1. The summed E-state index contributed by atoms with van der Waals surface area (Å²) in [5.41, 5.74) is 2.40. The van der Waals surface area contributed by atoms with Crippen molar-refractivity contribution in [2.75, 3.05) is 17.3 Å². The number of amides is 1. The Morgan fingerprint density at radius 3 is 2.65 bits per heavy atom. The lowest BCUT2D eigenvalue weighted by Crippen LogP contribution is -2.40. The van der Waals surface area contributed by atoms with Crippen LogP contribution in [0.4, 0.5) is 15.8 Å². The van der Waals surface area contributed by atoms with Crippen LogP contribution in [-0.2, 0) is 11.2 Å². The van der Waals surface area contributed by atoms with Gasteiger partial charge in [0.2, 0.25) is 5.91 Å². The van der Waals surface area contributed by atoms with Crippen molar-refractivity contribution in [1.82, 2.24) is 0 Å². The molecule has 3 nitrogen and oxygen atoms in total. The summed E-state index contributed by atoms with van der Waals surface area (Å²) >= 11 is 0. The number of nitrogens with zero attached hydrogens (tertiary/aromatic N) is 1. The van der Waals surface area contributed by atoms with E-state index in [1.165, 1.54) is 11.0 Å². The lowest BCUT2D eigenvalue weighted by molar-refractivity contribution is -0.118. The van der Waals surface area contributed by atoms with E-state index in [9.17, 15) is 9.18 Å². The lowest BCUT2D eigenvalue weighted by atomic mass is 10.1. The number of para-hydroxylation sites is 2. The Kier molecular flexibility index (Phi) is 3.14. The van der Waals surface area contributed by atoms with Crippen molar-refractivity contribution in [2.45, 2.75) is 12.5 Å². The second kappa shape index (κ2) is 4.96. The fourth-order valence-electron chi connectivity index (χ4n) is 2.52. The SMILES string of the molecule is CN(C(=O)[C@@H]1Cc2ccccc2N1)c1ccccc1F. The van der Waals surface area contributed by atoms with Crippen LogP contribution in [-0.4, -0.2) is 19.0 Å². The van der Waals surface area contributed by atoms with Crippen LogP contribution in [0.15, 0.2) is 48.5 Å². The third-order valence-electron chi connectivity index (χ3n) is 3.61. The Morgan fingerprint density at radius 2 is 1.90 bits per heavy atom. The molecule has 1 aliphatic heterocycles. The second-order valence-electron chi connectivity index (χ2n) is 4.91. The summed E-state index contributed by atoms with van der Waals surface area (Å²) in [4.78, 5) is 13.8. The summed E-state index contributed by atoms with van der Waals surface area (Å²) in [5.74, 6) is -0.523. The zero-order chi connectivity index (χ0) is 14.1. The van der Waals surface area contributed by atoms with Crippen LogP contribution in [0.2, 0.25) is 0 Å². The number of benzene rings is 2. The fourth-order valence-corrected chi connectivity index (χ4v) is 2.52. The summed E-state index contributed by atoms with van der Waals surface area (Å²) in [5, 5.41) is 3.19. The Bertz CT molecular complexity index is 631. The first kappa shape index (κ1) is 12.7. The fraction of sp³-hybridized carbons (Fsp3) is 0.188. The van der Waals surface area contributed by atoms with Gasteiger partial charge in [-0.3, -0.25) is 4.79 Å². The minimum absolute atomic E-state index is 0.133. The molecule has 1 amide bonds. The van der Waals surface area contributed by atoms with Crippen LogP contribution in [0, 0.1) is 5.82 Å². The molecule has 20 heavy (non-hydrogen) atoms. The molecule has 0 saturated heterocycles. The number of hydrogen-bond acceptors (Lipinski definition) is 2. The summed E-state index contributed by atoms with van der Waals surface area (Å²) in [6.45, 7) is 0. The van der Waals surface area contributed by atoms with Gasteiger partial charge in [-0.1, -0.05) is 30.3 Å². The molecule has 0 aromatic heterocycles. The van der Waals surface area contributed by atoms with Gasteiger partial charge in [-0.05, 0) is 23.8 Å². The van der Waals surface area contributed by atoms with Crippen molar-refractivity contribution in [3.05, 3.63) is 59.9 Å². The molecule has 0 spiro atoms. The highest BCUT2D eigenvalue weighted by Crippen LogP contribution is 2.27. The molecule has 0 saturated carbocycles. The number of anilines is 2. The molecule has 2 aromatic carbocycles. The molecule has 102 valence electrons. The maximum absolute atomic E-state index is 13.7. The summed E-state index contributed by atoms with van der Waals surface area (Å²) in [6, 6.07) is 13.8. The van der Waals surface area contributed by atoms with E-state index >= 15 is 0 Å². The predicted octanol–water partition coefficient (Wildman–Crippen LogP) is 2.83. The third-order valence-corrected chi connectivity index (χ3v) is 3.61. The molecule has 3 rings (SSSR count). The summed E-state index contributed by atoms with van der Waals surface area (Å²) in [6.07, 6.45) is 0.633. The van der Waals surface area contributed by atoms with Crippen LogP contribution in [0.3, 0.4) is 0 Å². The van der Waals surface area contributed by atoms with Crippen LogP contribution in [0.25, 0.3) is 0 Å². The Hall–Kier alpha value is -2.36. The maximum Gasteiger partial charge on any atom is 0.249 e. The van der Waals surface area contributed by atoms with E-state index in [0.717, 1.165) is 11.3 Å². The molecule has 0 unspecified atom stereocenters. The second-order valence-corrected chi connectivity index (χ2v) is 4.91. The van der Waals surface area contributed by atoms with Gasteiger partial charge in [-0.15, -0.1) is 0 Å². The highest BCUT2D eigenvalue weighted by molar-refractivity contribution is 5.99. The number of rotatable bonds is 2. The number of nitrogens with one attached hydrogen (secondary N) is 1. The van der Waals surface area contributed by atoms with Crippen LogP contribution in [0.1, 0.15) is 5.56 Å². The van der Waals surface area contributed by atoms with Gasteiger partial charge in [0.15, 0.2) is 0 Å².